The standard InChI is InChI=1S/C19H18ClN3O2S/c20-16-5-3-6-17(14-16)26(24,25)23-12-10-22(11-13-23)19-9-8-15-4-1-2-7-18(15)21-19/h1-9,14H,10-13H2. The van der Waals surface area contributed by atoms with Crippen molar-refractivity contribution in [3.05, 3.63) is 65.7 Å². The van der Waals surface area contributed by atoms with Crippen molar-refractivity contribution in [3.8, 4) is 0 Å². The number of sulfonamides is 1. The summed E-state index contributed by atoms with van der Waals surface area (Å²) in [4.78, 5) is 7.06. The average Bonchev–Trinajstić information content (AvgIpc) is 2.68. The number of anilines is 1. The summed E-state index contributed by atoms with van der Waals surface area (Å²) < 4.78 is 27.1. The van der Waals surface area contributed by atoms with Gasteiger partial charge in [0.2, 0.25) is 10.0 Å². The molecule has 7 heteroatoms. The zero-order chi connectivity index (χ0) is 18.1. The number of benzene rings is 2. The molecule has 1 saturated heterocycles. The molecular formula is C19H18ClN3O2S. The highest BCUT2D eigenvalue weighted by Crippen LogP contribution is 2.23. The van der Waals surface area contributed by atoms with Crippen molar-refractivity contribution < 1.29 is 8.42 Å². The van der Waals surface area contributed by atoms with E-state index in [0.717, 1.165) is 16.7 Å². The molecule has 26 heavy (non-hydrogen) atoms. The number of aromatic nitrogens is 1. The van der Waals surface area contributed by atoms with Crippen LogP contribution in [0.3, 0.4) is 0 Å². The molecule has 0 atom stereocenters. The smallest absolute Gasteiger partial charge is 0.243 e. The highest BCUT2D eigenvalue weighted by molar-refractivity contribution is 7.89. The van der Waals surface area contributed by atoms with E-state index in [1.165, 1.54) is 10.4 Å². The molecule has 0 saturated carbocycles. The highest BCUT2D eigenvalue weighted by Gasteiger charge is 2.29. The third-order valence-electron chi connectivity index (χ3n) is 4.58. The van der Waals surface area contributed by atoms with E-state index >= 15 is 0 Å². The monoisotopic (exact) mass is 387 g/mol. The fraction of sp³-hybridized carbons (Fsp3) is 0.211. The predicted octanol–water partition coefficient (Wildman–Crippen LogP) is 3.40. The Morgan fingerprint density at radius 3 is 2.42 bits per heavy atom. The molecule has 3 aromatic rings. The van der Waals surface area contributed by atoms with Crippen molar-refractivity contribution in [2.24, 2.45) is 0 Å². The fourth-order valence-electron chi connectivity index (χ4n) is 3.17. The average molecular weight is 388 g/mol. The maximum absolute atomic E-state index is 12.8. The van der Waals surface area contributed by atoms with Crippen molar-refractivity contribution in [2.45, 2.75) is 4.90 Å². The Bertz CT molecular complexity index is 1050. The molecule has 1 fully saturated rings. The van der Waals surface area contributed by atoms with Crippen LogP contribution < -0.4 is 4.90 Å². The second kappa shape index (κ2) is 6.87. The molecule has 5 nitrogen and oxygen atoms in total. The number of hydrogen-bond donors (Lipinski definition) is 0. The van der Waals surface area contributed by atoms with Crippen LogP contribution in [0.4, 0.5) is 5.82 Å². The molecule has 0 amide bonds. The van der Waals surface area contributed by atoms with E-state index in [0.29, 0.717) is 31.2 Å². The Morgan fingerprint density at radius 2 is 1.65 bits per heavy atom. The van der Waals surface area contributed by atoms with Crippen molar-refractivity contribution in [3.63, 3.8) is 0 Å². The molecule has 0 N–H and O–H groups in total. The van der Waals surface area contributed by atoms with Gasteiger partial charge in [-0.2, -0.15) is 4.31 Å². The Balaban J connectivity index is 1.51. The van der Waals surface area contributed by atoms with Crippen LogP contribution in [0.15, 0.2) is 65.6 Å². The fourth-order valence-corrected chi connectivity index (χ4v) is 4.89. The molecule has 2 heterocycles. The lowest BCUT2D eigenvalue weighted by molar-refractivity contribution is 0.384. The van der Waals surface area contributed by atoms with E-state index in [9.17, 15) is 8.42 Å². The van der Waals surface area contributed by atoms with Crippen molar-refractivity contribution in [1.82, 2.24) is 9.29 Å². The van der Waals surface area contributed by atoms with Gasteiger partial charge in [0.1, 0.15) is 5.82 Å². The number of nitrogens with zero attached hydrogens (tertiary/aromatic N) is 3. The molecule has 0 radical (unpaired) electrons. The number of para-hydroxylation sites is 1. The topological polar surface area (TPSA) is 53.5 Å². The number of fused-ring (bicyclic) bond motifs is 1. The molecule has 0 spiro atoms. The van der Waals surface area contributed by atoms with Gasteiger partial charge < -0.3 is 4.90 Å². The third kappa shape index (κ3) is 3.28. The minimum atomic E-state index is -3.52. The maximum atomic E-state index is 12.8. The highest BCUT2D eigenvalue weighted by atomic mass is 35.5. The van der Waals surface area contributed by atoms with Crippen molar-refractivity contribution in [1.29, 1.82) is 0 Å². The first kappa shape index (κ1) is 17.3. The summed E-state index contributed by atoms with van der Waals surface area (Å²) >= 11 is 5.94. The van der Waals surface area contributed by atoms with Crippen LogP contribution in [-0.2, 0) is 10.0 Å². The van der Waals surface area contributed by atoms with Gasteiger partial charge in [0, 0.05) is 36.6 Å². The molecule has 0 unspecified atom stereocenters. The Hall–Kier alpha value is -2.15. The van der Waals surface area contributed by atoms with Crippen LogP contribution in [0, 0.1) is 0 Å². The lowest BCUT2D eigenvalue weighted by Crippen LogP contribution is -2.48. The molecule has 0 bridgehead atoms. The van der Waals surface area contributed by atoms with Gasteiger partial charge in [-0.05, 0) is 36.4 Å². The van der Waals surface area contributed by atoms with Crippen LogP contribution in [0.2, 0.25) is 5.02 Å². The first-order valence-electron chi connectivity index (χ1n) is 8.40. The van der Waals surface area contributed by atoms with Crippen LogP contribution in [0.5, 0.6) is 0 Å². The second-order valence-corrected chi connectivity index (χ2v) is 8.59. The van der Waals surface area contributed by atoms with E-state index in [2.05, 4.69) is 4.90 Å². The second-order valence-electron chi connectivity index (χ2n) is 6.21. The molecule has 1 aliphatic heterocycles. The Morgan fingerprint density at radius 1 is 0.885 bits per heavy atom. The van der Waals surface area contributed by atoms with Gasteiger partial charge in [-0.3, -0.25) is 0 Å². The van der Waals surface area contributed by atoms with Crippen LogP contribution in [0.1, 0.15) is 0 Å². The zero-order valence-electron chi connectivity index (χ0n) is 14.0. The number of piperazine rings is 1. The summed E-state index contributed by atoms with van der Waals surface area (Å²) in [6.07, 6.45) is 0. The molecular weight excluding hydrogens is 370 g/mol. The van der Waals surface area contributed by atoms with E-state index in [4.69, 9.17) is 16.6 Å². The summed E-state index contributed by atoms with van der Waals surface area (Å²) in [6.45, 7) is 2.04. The number of pyridine rings is 1. The van der Waals surface area contributed by atoms with Crippen LogP contribution in [0.25, 0.3) is 10.9 Å². The normalized spacial score (nSPS) is 16.1. The number of rotatable bonds is 3. The molecule has 134 valence electrons. The summed E-state index contributed by atoms with van der Waals surface area (Å²) in [7, 11) is -3.52. The lowest BCUT2D eigenvalue weighted by Gasteiger charge is -2.34. The molecule has 2 aromatic carbocycles. The maximum Gasteiger partial charge on any atom is 0.243 e. The number of halogens is 1. The molecule has 1 aliphatic rings. The third-order valence-corrected chi connectivity index (χ3v) is 6.71. The quantitative estimate of drug-likeness (QED) is 0.691. The van der Waals surface area contributed by atoms with Gasteiger partial charge in [0.05, 0.1) is 10.4 Å². The molecule has 1 aromatic heterocycles. The minimum Gasteiger partial charge on any atom is -0.354 e. The Kier molecular flexibility index (Phi) is 4.56. The van der Waals surface area contributed by atoms with E-state index < -0.39 is 10.0 Å². The van der Waals surface area contributed by atoms with E-state index in [1.54, 1.807) is 18.2 Å². The summed E-state index contributed by atoms with van der Waals surface area (Å²) in [6, 6.07) is 18.4. The Labute approximate surface area is 157 Å². The van der Waals surface area contributed by atoms with Crippen molar-refractivity contribution >= 4 is 38.3 Å². The van der Waals surface area contributed by atoms with E-state index in [-0.39, 0.29) is 4.90 Å². The largest absolute Gasteiger partial charge is 0.354 e. The van der Waals surface area contributed by atoms with Gasteiger partial charge in [-0.15, -0.1) is 0 Å². The first-order valence-corrected chi connectivity index (χ1v) is 10.2. The summed E-state index contributed by atoms with van der Waals surface area (Å²) in [5.41, 5.74) is 0.943. The van der Waals surface area contributed by atoms with Gasteiger partial charge in [0.15, 0.2) is 0 Å². The molecule has 0 aliphatic carbocycles. The minimum absolute atomic E-state index is 0.238. The predicted molar refractivity (Wildman–Crippen MR) is 104 cm³/mol. The van der Waals surface area contributed by atoms with Gasteiger partial charge in [0.25, 0.3) is 0 Å². The first-order chi connectivity index (χ1) is 12.5. The van der Waals surface area contributed by atoms with Crippen molar-refractivity contribution in [2.75, 3.05) is 31.1 Å². The zero-order valence-corrected chi connectivity index (χ0v) is 15.6. The summed E-state index contributed by atoms with van der Waals surface area (Å²) in [5, 5.41) is 1.52. The molecule has 4 rings (SSSR count). The summed E-state index contributed by atoms with van der Waals surface area (Å²) in [5.74, 6) is 0.878. The van der Waals surface area contributed by atoms with Gasteiger partial charge in [-0.1, -0.05) is 35.9 Å². The van der Waals surface area contributed by atoms with Gasteiger partial charge >= 0.3 is 0 Å². The van der Waals surface area contributed by atoms with E-state index in [1.807, 2.05) is 36.4 Å². The number of hydrogen-bond acceptors (Lipinski definition) is 4. The van der Waals surface area contributed by atoms with Crippen LogP contribution in [-0.4, -0.2) is 43.9 Å². The lowest BCUT2D eigenvalue weighted by atomic mass is 10.2. The SMILES string of the molecule is O=S(=O)(c1cccc(Cl)c1)N1CCN(c2ccc3ccccc3n2)CC1. The van der Waals surface area contributed by atoms with Gasteiger partial charge in [-0.25, -0.2) is 13.4 Å². The van der Waals surface area contributed by atoms with Crippen LogP contribution >= 0.6 is 11.6 Å².